The number of nitrogen functional groups attached to an aromatic ring is 1. The molecule has 0 unspecified atom stereocenters. The van der Waals surface area contributed by atoms with Crippen LogP contribution in [0.5, 0.6) is 0 Å². The lowest BCUT2D eigenvalue weighted by atomic mass is 10.3. The van der Waals surface area contributed by atoms with Crippen molar-refractivity contribution < 1.29 is 14.3 Å². The monoisotopic (exact) mass is 187 g/mol. The highest BCUT2D eigenvalue weighted by Gasteiger charge is 2.12. The van der Waals surface area contributed by atoms with Gasteiger partial charge in [0.05, 0.1) is 12.9 Å². The summed E-state index contributed by atoms with van der Waals surface area (Å²) in [6.45, 7) is -0.169. The molecule has 0 spiro atoms. The number of aromatic carboxylic acids is 1. The average Bonchev–Trinajstić information content (AvgIpc) is 2.43. The quantitative estimate of drug-likeness (QED) is 0.720. The topological polar surface area (TPSA) is 81.1 Å². The van der Waals surface area contributed by atoms with Gasteiger partial charge in [0.25, 0.3) is 0 Å². The van der Waals surface area contributed by atoms with Crippen LogP contribution in [0.4, 0.5) is 10.2 Å². The second-order valence-electron chi connectivity index (χ2n) is 2.51. The first-order valence-electron chi connectivity index (χ1n) is 3.77. The molecule has 6 heteroatoms. The molecule has 5 nitrogen and oxygen atoms in total. The van der Waals surface area contributed by atoms with E-state index in [0.717, 1.165) is 6.20 Å². The summed E-state index contributed by atoms with van der Waals surface area (Å²) in [6.07, 6.45) is 1.45. The summed E-state index contributed by atoms with van der Waals surface area (Å²) >= 11 is 0. The number of hydrogen-bond donors (Lipinski definition) is 2. The van der Waals surface area contributed by atoms with Gasteiger partial charge in [-0.1, -0.05) is 0 Å². The van der Waals surface area contributed by atoms with E-state index in [1.165, 1.54) is 4.68 Å². The van der Waals surface area contributed by atoms with E-state index in [4.69, 9.17) is 10.8 Å². The largest absolute Gasteiger partial charge is 0.477 e. The molecule has 3 N–H and O–H groups in total. The maximum atomic E-state index is 11.8. The zero-order valence-corrected chi connectivity index (χ0v) is 6.90. The van der Waals surface area contributed by atoms with Crippen LogP contribution in [0, 0.1) is 0 Å². The van der Waals surface area contributed by atoms with Crippen LogP contribution < -0.4 is 5.73 Å². The van der Waals surface area contributed by atoms with E-state index in [1.54, 1.807) is 0 Å². The summed E-state index contributed by atoms with van der Waals surface area (Å²) < 4.78 is 13.1. The lowest BCUT2D eigenvalue weighted by molar-refractivity contribution is 0.0698. The molecule has 0 aliphatic carbocycles. The van der Waals surface area contributed by atoms with Gasteiger partial charge in [0.1, 0.15) is 11.4 Å². The number of rotatable bonds is 4. The Morgan fingerprint density at radius 2 is 2.46 bits per heavy atom. The van der Waals surface area contributed by atoms with E-state index in [2.05, 4.69) is 5.10 Å². The number of nitrogens with zero attached hydrogens (tertiary/aromatic N) is 2. The van der Waals surface area contributed by atoms with Crippen molar-refractivity contribution in [2.75, 3.05) is 12.4 Å². The van der Waals surface area contributed by atoms with Crippen LogP contribution in [0.1, 0.15) is 16.8 Å². The number of alkyl halides is 1. The summed E-state index contributed by atoms with van der Waals surface area (Å²) in [5, 5.41) is 12.3. The molecular formula is C7H10FN3O2. The second kappa shape index (κ2) is 3.88. The second-order valence-corrected chi connectivity index (χ2v) is 2.51. The molecule has 0 saturated heterocycles. The average molecular weight is 187 g/mol. The lowest BCUT2D eigenvalue weighted by Crippen LogP contribution is -2.07. The van der Waals surface area contributed by atoms with Crippen LogP contribution in [-0.4, -0.2) is 27.5 Å². The third kappa shape index (κ3) is 1.95. The third-order valence-electron chi connectivity index (χ3n) is 1.61. The van der Waals surface area contributed by atoms with Gasteiger partial charge in [-0.3, -0.25) is 4.39 Å². The molecule has 0 aliphatic rings. The normalized spacial score (nSPS) is 10.2. The van der Waals surface area contributed by atoms with Crippen molar-refractivity contribution in [2.24, 2.45) is 0 Å². The minimum atomic E-state index is -1.12. The van der Waals surface area contributed by atoms with E-state index in [9.17, 15) is 9.18 Å². The van der Waals surface area contributed by atoms with Gasteiger partial charge in [-0.25, -0.2) is 9.48 Å². The molecule has 0 aromatic carbocycles. The van der Waals surface area contributed by atoms with Crippen molar-refractivity contribution in [1.29, 1.82) is 0 Å². The van der Waals surface area contributed by atoms with Gasteiger partial charge < -0.3 is 10.8 Å². The Morgan fingerprint density at radius 3 is 2.92 bits per heavy atom. The summed E-state index contributed by atoms with van der Waals surface area (Å²) in [5.74, 6) is -1.05. The number of carbonyl (C=O) groups is 1. The Hall–Kier alpha value is -1.59. The summed E-state index contributed by atoms with van der Waals surface area (Å²) in [4.78, 5) is 10.5. The number of nitrogens with two attached hydrogens (primary N) is 1. The van der Waals surface area contributed by atoms with Crippen LogP contribution >= 0.6 is 0 Å². The Kier molecular flexibility index (Phi) is 2.84. The molecule has 72 valence electrons. The minimum Gasteiger partial charge on any atom is -0.477 e. The lowest BCUT2D eigenvalue weighted by Gasteiger charge is -2.01. The van der Waals surface area contributed by atoms with E-state index < -0.39 is 12.6 Å². The van der Waals surface area contributed by atoms with Gasteiger partial charge in [-0.15, -0.1) is 0 Å². The zero-order chi connectivity index (χ0) is 9.84. The fourth-order valence-electron chi connectivity index (χ4n) is 0.947. The van der Waals surface area contributed by atoms with Crippen LogP contribution in [0.3, 0.4) is 0 Å². The standard InChI is InChI=1S/C7H10FN3O2/c8-2-1-3-11-6(9)5(4-10-11)7(12)13/h4H,1-3,9H2,(H,12,13). The first kappa shape index (κ1) is 9.50. The van der Waals surface area contributed by atoms with Crippen LogP contribution in [0.2, 0.25) is 0 Å². The predicted molar refractivity (Wildman–Crippen MR) is 44.2 cm³/mol. The molecule has 0 bridgehead atoms. The highest BCUT2D eigenvalue weighted by atomic mass is 19.1. The molecule has 1 aromatic rings. The highest BCUT2D eigenvalue weighted by molar-refractivity contribution is 5.92. The van der Waals surface area contributed by atoms with Crippen molar-refractivity contribution in [1.82, 2.24) is 9.78 Å². The Labute approximate surface area is 74.0 Å². The molecule has 1 rings (SSSR count). The van der Waals surface area contributed by atoms with Crippen LogP contribution in [0.15, 0.2) is 6.20 Å². The molecule has 0 saturated carbocycles. The van der Waals surface area contributed by atoms with Crippen molar-refractivity contribution in [3.63, 3.8) is 0 Å². The minimum absolute atomic E-state index is 0.0427. The molecule has 0 amide bonds. The summed E-state index contributed by atoms with van der Waals surface area (Å²) in [7, 11) is 0. The number of aromatic nitrogens is 2. The predicted octanol–water partition coefficient (Wildman–Crippen LogP) is 0.523. The van der Waals surface area contributed by atoms with Gasteiger partial charge in [-0.2, -0.15) is 5.10 Å². The number of anilines is 1. The Morgan fingerprint density at radius 1 is 1.77 bits per heavy atom. The summed E-state index contributed by atoms with van der Waals surface area (Å²) in [6, 6.07) is 0. The highest BCUT2D eigenvalue weighted by Crippen LogP contribution is 2.10. The van der Waals surface area contributed by atoms with Crippen molar-refractivity contribution >= 4 is 11.8 Å². The third-order valence-corrected chi connectivity index (χ3v) is 1.61. The van der Waals surface area contributed by atoms with Crippen LogP contribution in [0.25, 0.3) is 0 Å². The fourth-order valence-corrected chi connectivity index (χ4v) is 0.947. The first-order valence-corrected chi connectivity index (χ1v) is 3.77. The number of hydrogen-bond acceptors (Lipinski definition) is 3. The van der Waals surface area contributed by atoms with Gasteiger partial charge in [0, 0.05) is 6.54 Å². The van der Waals surface area contributed by atoms with E-state index >= 15 is 0 Å². The maximum absolute atomic E-state index is 11.8. The molecule has 1 heterocycles. The maximum Gasteiger partial charge on any atom is 0.341 e. The van der Waals surface area contributed by atoms with E-state index in [-0.39, 0.29) is 17.8 Å². The fraction of sp³-hybridized carbons (Fsp3) is 0.429. The van der Waals surface area contributed by atoms with Crippen molar-refractivity contribution in [2.45, 2.75) is 13.0 Å². The molecular weight excluding hydrogens is 177 g/mol. The number of carboxylic acid groups (broad SMARTS) is 1. The Bertz CT molecular complexity index is 311. The van der Waals surface area contributed by atoms with Gasteiger partial charge in [0.2, 0.25) is 0 Å². The van der Waals surface area contributed by atoms with E-state index in [1.807, 2.05) is 0 Å². The van der Waals surface area contributed by atoms with E-state index in [0.29, 0.717) is 6.54 Å². The number of carboxylic acids is 1. The molecule has 0 fully saturated rings. The SMILES string of the molecule is Nc1c(C(=O)O)cnn1CCCF. The number of halogens is 1. The zero-order valence-electron chi connectivity index (χ0n) is 6.90. The number of aryl methyl sites for hydroxylation is 1. The molecule has 13 heavy (non-hydrogen) atoms. The van der Waals surface area contributed by atoms with Gasteiger partial charge >= 0.3 is 5.97 Å². The molecule has 0 radical (unpaired) electrons. The molecule has 1 aromatic heterocycles. The van der Waals surface area contributed by atoms with Crippen molar-refractivity contribution in [3.8, 4) is 0 Å². The van der Waals surface area contributed by atoms with Gasteiger partial charge in [0.15, 0.2) is 0 Å². The molecule has 0 aliphatic heterocycles. The van der Waals surface area contributed by atoms with Crippen molar-refractivity contribution in [3.05, 3.63) is 11.8 Å². The first-order chi connectivity index (χ1) is 6.16. The Balaban J connectivity index is 2.80. The smallest absolute Gasteiger partial charge is 0.341 e. The van der Waals surface area contributed by atoms with Crippen LogP contribution in [-0.2, 0) is 6.54 Å². The molecule has 0 atom stereocenters. The van der Waals surface area contributed by atoms with Gasteiger partial charge in [-0.05, 0) is 6.42 Å². The summed E-state index contributed by atoms with van der Waals surface area (Å²) in [5.41, 5.74) is 5.40.